The molecule has 126 valence electrons. The summed E-state index contributed by atoms with van der Waals surface area (Å²) in [6.07, 6.45) is 2.86. The summed E-state index contributed by atoms with van der Waals surface area (Å²) in [6.45, 7) is 3.24. The predicted molar refractivity (Wildman–Crippen MR) is 101 cm³/mol. The van der Waals surface area contributed by atoms with Gasteiger partial charge in [-0.15, -0.1) is 0 Å². The molecule has 0 saturated carbocycles. The molecule has 0 aliphatic carbocycles. The Bertz CT molecular complexity index is 1050. The summed E-state index contributed by atoms with van der Waals surface area (Å²) >= 11 is 6.06. The van der Waals surface area contributed by atoms with E-state index in [2.05, 4.69) is 6.08 Å². The fourth-order valence-corrected chi connectivity index (χ4v) is 3.36. The van der Waals surface area contributed by atoms with Crippen LogP contribution in [0.3, 0.4) is 0 Å². The van der Waals surface area contributed by atoms with Gasteiger partial charge in [-0.3, -0.25) is 9.36 Å². The van der Waals surface area contributed by atoms with Crippen LogP contribution in [0.2, 0.25) is 5.02 Å². The van der Waals surface area contributed by atoms with Crippen LogP contribution in [0.15, 0.2) is 47.3 Å². The predicted octanol–water partition coefficient (Wildman–Crippen LogP) is 4.39. The van der Waals surface area contributed by atoms with Crippen molar-refractivity contribution in [3.05, 3.63) is 69.2 Å². The Kier molecular flexibility index (Phi) is 4.06. The van der Waals surface area contributed by atoms with Gasteiger partial charge in [0.25, 0.3) is 5.56 Å². The summed E-state index contributed by atoms with van der Waals surface area (Å²) in [4.78, 5) is 17.4. The van der Waals surface area contributed by atoms with Crippen LogP contribution < -0.4 is 10.3 Å². The van der Waals surface area contributed by atoms with Crippen molar-refractivity contribution < 1.29 is 4.74 Å². The largest absolute Gasteiger partial charge is 0.494 e. The van der Waals surface area contributed by atoms with E-state index >= 15 is 0 Å². The average Bonchev–Trinajstić information content (AvgIpc) is 2.98. The highest BCUT2D eigenvalue weighted by atomic mass is 35.5. The lowest BCUT2D eigenvalue weighted by atomic mass is 10.1. The van der Waals surface area contributed by atoms with Gasteiger partial charge in [0.05, 0.1) is 17.5 Å². The molecule has 1 aromatic heterocycles. The zero-order valence-corrected chi connectivity index (χ0v) is 14.6. The van der Waals surface area contributed by atoms with Gasteiger partial charge in [-0.05, 0) is 60.9 Å². The van der Waals surface area contributed by atoms with Crippen LogP contribution >= 0.6 is 11.6 Å². The van der Waals surface area contributed by atoms with E-state index in [0.29, 0.717) is 29.1 Å². The number of benzene rings is 2. The molecule has 0 spiro atoms. The number of hydrogen-bond donors (Lipinski definition) is 0. The lowest BCUT2D eigenvalue weighted by molar-refractivity contribution is 0.340. The second-order valence-corrected chi connectivity index (χ2v) is 6.42. The van der Waals surface area contributed by atoms with E-state index in [4.69, 9.17) is 21.3 Å². The van der Waals surface area contributed by atoms with Crippen LogP contribution in [0.25, 0.3) is 22.6 Å². The van der Waals surface area contributed by atoms with Gasteiger partial charge in [0.15, 0.2) is 0 Å². The minimum atomic E-state index is -0.0110. The van der Waals surface area contributed by atoms with Gasteiger partial charge >= 0.3 is 0 Å². The fourth-order valence-electron chi connectivity index (χ4n) is 3.19. The standard InChI is InChI=1S/C20H17ClN2O2/c1-2-25-16-5-3-4-13(11-16)10-14-8-9-23-19(14)22-18-12-15(21)6-7-17(18)20(23)24/h3-7,10-12H,2,8-9H2,1H3. The number of nitrogens with zero attached hydrogens (tertiary/aromatic N) is 2. The van der Waals surface area contributed by atoms with Crippen molar-refractivity contribution >= 4 is 34.2 Å². The molecule has 0 bridgehead atoms. The lowest BCUT2D eigenvalue weighted by Gasteiger charge is -2.06. The Morgan fingerprint density at radius 1 is 1.28 bits per heavy atom. The van der Waals surface area contributed by atoms with E-state index in [0.717, 1.165) is 29.1 Å². The summed E-state index contributed by atoms with van der Waals surface area (Å²) in [5.41, 5.74) is 2.71. The van der Waals surface area contributed by atoms with Gasteiger partial charge in [0.1, 0.15) is 11.6 Å². The molecule has 2 aromatic carbocycles. The van der Waals surface area contributed by atoms with E-state index in [-0.39, 0.29) is 5.56 Å². The smallest absolute Gasteiger partial charge is 0.261 e. The number of allylic oxidation sites excluding steroid dienone is 1. The van der Waals surface area contributed by atoms with Gasteiger partial charge < -0.3 is 4.74 Å². The van der Waals surface area contributed by atoms with Crippen LogP contribution in [0.1, 0.15) is 24.7 Å². The molecule has 3 aromatic rings. The highest BCUT2D eigenvalue weighted by molar-refractivity contribution is 6.31. The van der Waals surface area contributed by atoms with Crippen molar-refractivity contribution in [2.75, 3.05) is 6.61 Å². The topological polar surface area (TPSA) is 44.1 Å². The number of aromatic nitrogens is 2. The molecule has 4 nitrogen and oxygen atoms in total. The second kappa shape index (κ2) is 6.37. The first-order valence-electron chi connectivity index (χ1n) is 8.29. The van der Waals surface area contributed by atoms with Gasteiger partial charge in [-0.1, -0.05) is 23.7 Å². The Morgan fingerprint density at radius 2 is 2.16 bits per heavy atom. The van der Waals surface area contributed by atoms with Gasteiger partial charge in [0.2, 0.25) is 0 Å². The van der Waals surface area contributed by atoms with E-state index in [1.165, 1.54) is 0 Å². The summed E-state index contributed by atoms with van der Waals surface area (Å²) < 4.78 is 7.30. The number of halogens is 1. The van der Waals surface area contributed by atoms with Crippen molar-refractivity contribution in [3.8, 4) is 5.75 Å². The molecule has 0 radical (unpaired) electrons. The normalized spacial score (nSPS) is 14.9. The number of fused-ring (bicyclic) bond motifs is 2. The molecule has 0 N–H and O–H groups in total. The molecule has 2 heterocycles. The third-order valence-corrected chi connectivity index (χ3v) is 4.55. The fraction of sp³-hybridized carbons (Fsp3) is 0.200. The van der Waals surface area contributed by atoms with Crippen molar-refractivity contribution in [2.45, 2.75) is 19.9 Å². The van der Waals surface area contributed by atoms with Gasteiger partial charge in [0, 0.05) is 11.6 Å². The molecule has 4 rings (SSSR count). The Labute approximate surface area is 150 Å². The first kappa shape index (κ1) is 15.9. The summed E-state index contributed by atoms with van der Waals surface area (Å²) in [7, 11) is 0. The summed E-state index contributed by atoms with van der Waals surface area (Å²) in [5, 5.41) is 1.19. The Balaban J connectivity index is 1.82. The van der Waals surface area contributed by atoms with Crippen molar-refractivity contribution in [1.29, 1.82) is 0 Å². The first-order chi connectivity index (χ1) is 12.2. The van der Waals surface area contributed by atoms with Crippen molar-refractivity contribution in [1.82, 2.24) is 9.55 Å². The molecule has 0 atom stereocenters. The monoisotopic (exact) mass is 352 g/mol. The van der Waals surface area contributed by atoms with Crippen molar-refractivity contribution in [2.24, 2.45) is 0 Å². The minimum absolute atomic E-state index is 0.0110. The summed E-state index contributed by atoms with van der Waals surface area (Å²) in [5.74, 6) is 1.56. The van der Waals surface area contributed by atoms with Gasteiger partial charge in [-0.2, -0.15) is 0 Å². The van der Waals surface area contributed by atoms with E-state index in [1.54, 1.807) is 22.8 Å². The van der Waals surface area contributed by atoms with Gasteiger partial charge in [-0.25, -0.2) is 4.98 Å². The SMILES string of the molecule is CCOc1cccc(C=C2CCn3c2nc2cc(Cl)ccc2c3=O)c1. The molecular formula is C20H17ClN2O2. The maximum Gasteiger partial charge on any atom is 0.261 e. The van der Waals surface area contributed by atoms with Crippen LogP contribution in [0.4, 0.5) is 0 Å². The van der Waals surface area contributed by atoms with E-state index in [1.807, 2.05) is 31.2 Å². The molecule has 0 unspecified atom stereocenters. The molecule has 25 heavy (non-hydrogen) atoms. The molecule has 0 amide bonds. The molecule has 1 aliphatic heterocycles. The van der Waals surface area contributed by atoms with Crippen LogP contribution in [-0.2, 0) is 6.54 Å². The lowest BCUT2D eigenvalue weighted by Crippen LogP contribution is -2.20. The average molecular weight is 353 g/mol. The molecule has 0 fully saturated rings. The number of rotatable bonds is 3. The number of ether oxygens (including phenoxy) is 1. The minimum Gasteiger partial charge on any atom is -0.494 e. The third kappa shape index (κ3) is 2.94. The molecule has 0 saturated heterocycles. The second-order valence-electron chi connectivity index (χ2n) is 5.98. The maximum atomic E-state index is 12.7. The maximum absolute atomic E-state index is 12.7. The van der Waals surface area contributed by atoms with Crippen molar-refractivity contribution in [3.63, 3.8) is 0 Å². The quantitative estimate of drug-likeness (QED) is 0.702. The van der Waals surface area contributed by atoms with Crippen LogP contribution in [0, 0.1) is 0 Å². The summed E-state index contributed by atoms with van der Waals surface area (Å²) in [6, 6.07) is 13.1. The highest BCUT2D eigenvalue weighted by Gasteiger charge is 2.20. The molecular weight excluding hydrogens is 336 g/mol. The third-order valence-electron chi connectivity index (χ3n) is 4.32. The highest BCUT2D eigenvalue weighted by Crippen LogP contribution is 2.28. The zero-order valence-electron chi connectivity index (χ0n) is 13.8. The first-order valence-corrected chi connectivity index (χ1v) is 8.67. The molecule has 1 aliphatic rings. The number of hydrogen-bond acceptors (Lipinski definition) is 3. The Morgan fingerprint density at radius 3 is 3.00 bits per heavy atom. The van der Waals surface area contributed by atoms with E-state index in [9.17, 15) is 4.79 Å². The van der Waals surface area contributed by atoms with Crippen LogP contribution in [0.5, 0.6) is 5.75 Å². The Hall–Kier alpha value is -2.59. The zero-order chi connectivity index (χ0) is 17.4. The molecule has 5 heteroatoms. The van der Waals surface area contributed by atoms with E-state index < -0.39 is 0 Å². The van der Waals surface area contributed by atoms with Crippen LogP contribution in [-0.4, -0.2) is 16.2 Å².